The molecule has 3 heterocycles. The van der Waals surface area contributed by atoms with E-state index in [9.17, 15) is 0 Å². The molecule has 4 nitrogen and oxygen atoms in total. The summed E-state index contributed by atoms with van der Waals surface area (Å²) in [5.41, 5.74) is 17.1. The number of rotatable bonds is 6. The molecule has 0 amide bonds. The second-order valence-electron chi connectivity index (χ2n) is 16.8. The Kier molecular flexibility index (Phi) is 8.25. The highest BCUT2D eigenvalue weighted by Gasteiger charge is 2.25. The number of aromatic nitrogens is 2. The van der Waals surface area contributed by atoms with Gasteiger partial charge >= 0.3 is 0 Å². The molecule has 12 aromatic rings. The van der Waals surface area contributed by atoms with Gasteiger partial charge in [-0.15, -0.1) is 0 Å². The summed E-state index contributed by atoms with van der Waals surface area (Å²) in [6.07, 6.45) is -0.267. The zero-order valence-corrected chi connectivity index (χ0v) is 34.9. The molecule has 1 aliphatic heterocycles. The fourth-order valence-electron chi connectivity index (χ4n) is 10.1. The van der Waals surface area contributed by atoms with Crippen LogP contribution in [0.1, 0.15) is 22.9 Å². The molecule has 0 fully saturated rings. The van der Waals surface area contributed by atoms with Gasteiger partial charge in [0.1, 0.15) is 6.17 Å². The van der Waals surface area contributed by atoms with Crippen molar-refractivity contribution < 1.29 is 0 Å². The molecule has 0 saturated heterocycles. The number of nitrogens with one attached hydrogen (secondary N) is 1. The van der Waals surface area contributed by atoms with E-state index in [1.54, 1.807) is 0 Å². The highest BCUT2D eigenvalue weighted by molar-refractivity contribution is 6.21. The van der Waals surface area contributed by atoms with Crippen LogP contribution < -0.4 is 5.32 Å². The molecule has 0 bridgehead atoms. The lowest BCUT2D eigenvalue weighted by Crippen LogP contribution is -2.21. The number of para-hydroxylation sites is 3. The fourth-order valence-corrected chi connectivity index (χ4v) is 10.1. The standard InChI is InChI=1S/C60H40N4/c1-3-14-39(15-4-1)40-26-28-42(29-27-40)60-61-58(52-34-30-41-16-7-8-21-48(41)59(52)62-60)45-17-13-20-47(36-45)64-54-24-11-9-22-49(54)51-33-31-44(38-57(51)64)43-32-35-56-53(37-43)50-23-10-12-25-55(50)63(56)46-18-5-2-6-19-46/h1-38,60,62H. The van der Waals surface area contributed by atoms with Gasteiger partial charge in [-0.1, -0.05) is 176 Å². The van der Waals surface area contributed by atoms with E-state index in [2.05, 4.69) is 245 Å². The van der Waals surface area contributed by atoms with Gasteiger partial charge in [-0.3, -0.25) is 4.99 Å². The highest BCUT2D eigenvalue weighted by Crippen LogP contribution is 2.41. The maximum atomic E-state index is 5.54. The molecular weight excluding hydrogens is 777 g/mol. The minimum absolute atomic E-state index is 0.267. The minimum Gasteiger partial charge on any atom is -0.359 e. The molecule has 2 aromatic heterocycles. The molecule has 13 rings (SSSR count). The van der Waals surface area contributed by atoms with Crippen LogP contribution in [0.15, 0.2) is 236 Å². The third-order valence-corrected chi connectivity index (χ3v) is 13.1. The topological polar surface area (TPSA) is 34.2 Å². The predicted octanol–water partition coefficient (Wildman–Crippen LogP) is 15.3. The Morgan fingerprint density at radius 2 is 0.906 bits per heavy atom. The van der Waals surface area contributed by atoms with E-state index in [-0.39, 0.29) is 6.17 Å². The lowest BCUT2D eigenvalue weighted by Gasteiger charge is -2.28. The van der Waals surface area contributed by atoms with Crippen LogP contribution in [0.5, 0.6) is 0 Å². The van der Waals surface area contributed by atoms with Crippen LogP contribution in [0.4, 0.5) is 5.69 Å². The van der Waals surface area contributed by atoms with Crippen molar-refractivity contribution in [2.75, 3.05) is 5.32 Å². The summed E-state index contributed by atoms with van der Waals surface area (Å²) in [4.78, 5) is 5.54. The second kappa shape index (κ2) is 14.6. The van der Waals surface area contributed by atoms with Gasteiger partial charge in [0.2, 0.25) is 0 Å². The zero-order chi connectivity index (χ0) is 42.1. The fraction of sp³-hybridized carbons (Fsp3) is 0.0167. The van der Waals surface area contributed by atoms with E-state index >= 15 is 0 Å². The predicted molar refractivity (Wildman–Crippen MR) is 268 cm³/mol. The third-order valence-electron chi connectivity index (χ3n) is 13.1. The van der Waals surface area contributed by atoms with Crippen molar-refractivity contribution in [3.63, 3.8) is 0 Å². The van der Waals surface area contributed by atoms with Gasteiger partial charge in [0.25, 0.3) is 0 Å². The summed E-state index contributed by atoms with van der Waals surface area (Å²) in [7, 11) is 0. The van der Waals surface area contributed by atoms with E-state index in [0.717, 1.165) is 45.0 Å². The van der Waals surface area contributed by atoms with Gasteiger partial charge in [-0.05, 0) is 87.8 Å². The van der Waals surface area contributed by atoms with Gasteiger partial charge in [0, 0.05) is 49.4 Å². The molecule has 4 heteroatoms. The number of fused-ring (bicyclic) bond motifs is 9. The van der Waals surface area contributed by atoms with Crippen LogP contribution in [0.25, 0.3) is 88.0 Å². The summed E-state index contributed by atoms with van der Waals surface area (Å²) in [5.74, 6) is 0. The Morgan fingerprint density at radius 1 is 0.344 bits per heavy atom. The average molecular weight is 817 g/mol. The first-order valence-corrected chi connectivity index (χ1v) is 22.0. The third kappa shape index (κ3) is 5.80. The first kappa shape index (κ1) is 36.2. The molecule has 0 radical (unpaired) electrons. The molecule has 0 saturated carbocycles. The molecule has 64 heavy (non-hydrogen) atoms. The van der Waals surface area contributed by atoms with Gasteiger partial charge < -0.3 is 14.5 Å². The maximum absolute atomic E-state index is 5.54. The van der Waals surface area contributed by atoms with Crippen LogP contribution in [-0.4, -0.2) is 14.8 Å². The van der Waals surface area contributed by atoms with Gasteiger partial charge in [0.05, 0.1) is 33.5 Å². The Balaban J connectivity index is 0.954. The second-order valence-corrected chi connectivity index (χ2v) is 16.8. The number of nitrogens with zero attached hydrogens (tertiary/aromatic N) is 3. The number of anilines is 1. The summed E-state index contributed by atoms with van der Waals surface area (Å²) in [6, 6.07) is 83.5. The molecule has 1 unspecified atom stereocenters. The van der Waals surface area contributed by atoms with Crippen molar-refractivity contribution >= 4 is 65.8 Å². The van der Waals surface area contributed by atoms with Crippen LogP contribution in [-0.2, 0) is 0 Å². The highest BCUT2D eigenvalue weighted by atomic mass is 15.1. The molecule has 0 aliphatic carbocycles. The summed E-state index contributed by atoms with van der Waals surface area (Å²) < 4.78 is 4.81. The number of hydrogen-bond acceptors (Lipinski definition) is 2. The van der Waals surface area contributed by atoms with Crippen molar-refractivity contribution in [3.8, 4) is 33.6 Å². The first-order valence-electron chi connectivity index (χ1n) is 22.0. The van der Waals surface area contributed by atoms with Crippen molar-refractivity contribution in [1.82, 2.24) is 9.13 Å². The summed E-state index contributed by atoms with van der Waals surface area (Å²) >= 11 is 0. The van der Waals surface area contributed by atoms with Crippen molar-refractivity contribution in [2.45, 2.75) is 6.17 Å². The van der Waals surface area contributed by atoms with Crippen LogP contribution in [0.3, 0.4) is 0 Å². The lowest BCUT2D eigenvalue weighted by molar-refractivity contribution is 0.830. The average Bonchev–Trinajstić information content (AvgIpc) is 3.89. The van der Waals surface area contributed by atoms with Gasteiger partial charge in [-0.25, -0.2) is 0 Å². The largest absolute Gasteiger partial charge is 0.359 e. The van der Waals surface area contributed by atoms with Crippen LogP contribution in [0.2, 0.25) is 0 Å². The van der Waals surface area contributed by atoms with E-state index in [0.29, 0.717) is 0 Å². The van der Waals surface area contributed by atoms with Crippen LogP contribution in [0, 0.1) is 0 Å². The monoisotopic (exact) mass is 816 g/mol. The summed E-state index contributed by atoms with van der Waals surface area (Å²) in [5, 5.41) is 11.2. The molecule has 1 N–H and O–H groups in total. The van der Waals surface area contributed by atoms with Crippen LogP contribution >= 0.6 is 0 Å². The molecule has 1 aliphatic rings. The van der Waals surface area contributed by atoms with E-state index in [1.807, 2.05) is 0 Å². The lowest BCUT2D eigenvalue weighted by atomic mass is 9.93. The Morgan fingerprint density at radius 3 is 1.70 bits per heavy atom. The quantitative estimate of drug-likeness (QED) is 0.178. The maximum Gasteiger partial charge on any atom is 0.145 e. The number of benzene rings is 10. The molecular formula is C60H40N4. The van der Waals surface area contributed by atoms with Gasteiger partial charge in [0.15, 0.2) is 0 Å². The number of hydrogen-bond donors (Lipinski definition) is 1. The molecule has 10 aromatic carbocycles. The summed E-state index contributed by atoms with van der Waals surface area (Å²) in [6.45, 7) is 0. The van der Waals surface area contributed by atoms with Gasteiger partial charge in [-0.2, -0.15) is 0 Å². The normalized spacial score (nSPS) is 13.7. The number of aliphatic imine (C=N–C) groups is 1. The Labute approximate surface area is 370 Å². The smallest absolute Gasteiger partial charge is 0.145 e. The van der Waals surface area contributed by atoms with E-state index in [1.165, 1.54) is 71.1 Å². The first-order chi connectivity index (χ1) is 31.7. The molecule has 1 atom stereocenters. The zero-order valence-electron chi connectivity index (χ0n) is 34.9. The Hall–Kier alpha value is -8.47. The SMILES string of the molecule is c1ccc(-c2ccc(C3N=C(c4cccc(-n5c6ccccc6c6ccc(-c7ccc8c(c7)c7ccccc7n8-c7ccccc7)cc65)c4)c4ccc5ccccc5c4N3)cc2)cc1. The van der Waals surface area contributed by atoms with Crippen molar-refractivity contribution in [2.24, 2.45) is 4.99 Å². The van der Waals surface area contributed by atoms with Crippen molar-refractivity contribution in [3.05, 3.63) is 247 Å². The molecule has 300 valence electrons. The Bertz CT molecular complexity index is 3800. The van der Waals surface area contributed by atoms with Crippen molar-refractivity contribution in [1.29, 1.82) is 0 Å². The van der Waals surface area contributed by atoms with E-state index < -0.39 is 0 Å². The minimum atomic E-state index is -0.267. The molecule has 0 spiro atoms. The van der Waals surface area contributed by atoms with E-state index in [4.69, 9.17) is 4.99 Å².